The highest BCUT2D eigenvalue weighted by Crippen LogP contribution is 2.18. The third-order valence-corrected chi connectivity index (χ3v) is 7.17. The fraction of sp³-hybridized carbons (Fsp3) is 0.308. The van der Waals surface area contributed by atoms with Crippen LogP contribution in [0.4, 0.5) is 0 Å². The lowest BCUT2D eigenvalue weighted by Gasteiger charge is -2.23. The summed E-state index contributed by atoms with van der Waals surface area (Å²) in [5, 5.41) is 1.02. The molecule has 0 aromatic heterocycles. The standard InChI is InChI=1S/C26H34N2O2Si/c1-6-27(7-2)25(29)20-24(31(3,4)5)18-19-28(21-22-14-10-8-11-15-22)26(30)23-16-12-9-13-17-23/h8-20H,6-7,21H2,1-5H3/b19-18+,24-20-. The van der Waals surface area contributed by atoms with Crippen molar-refractivity contribution in [2.45, 2.75) is 40.0 Å². The molecule has 2 rings (SSSR count). The molecule has 31 heavy (non-hydrogen) atoms. The Balaban J connectivity index is 2.39. The van der Waals surface area contributed by atoms with E-state index in [0.717, 1.165) is 10.8 Å². The number of hydrogen-bond acceptors (Lipinski definition) is 2. The van der Waals surface area contributed by atoms with Crippen molar-refractivity contribution in [1.82, 2.24) is 9.80 Å². The van der Waals surface area contributed by atoms with E-state index in [1.54, 1.807) is 11.0 Å². The summed E-state index contributed by atoms with van der Waals surface area (Å²) in [7, 11) is -1.80. The summed E-state index contributed by atoms with van der Waals surface area (Å²) in [6.07, 6.45) is 5.54. The first kappa shape index (κ1) is 24.3. The molecule has 164 valence electrons. The van der Waals surface area contributed by atoms with Gasteiger partial charge in [0.05, 0.1) is 14.6 Å². The van der Waals surface area contributed by atoms with Gasteiger partial charge in [0.25, 0.3) is 5.91 Å². The van der Waals surface area contributed by atoms with E-state index in [0.29, 0.717) is 25.2 Å². The Hall–Kier alpha value is -2.92. The maximum absolute atomic E-state index is 13.2. The van der Waals surface area contributed by atoms with Gasteiger partial charge in [-0.25, -0.2) is 0 Å². The topological polar surface area (TPSA) is 40.6 Å². The van der Waals surface area contributed by atoms with Crippen molar-refractivity contribution in [2.24, 2.45) is 0 Å². The third-order valence-electron chi connectivity index (χ3n) is 5.13. The van der Waals surface area contributed by atoms with Crippen molar-refractivity contribution in [3.63, 3.8) is 0 Å². The van der Waals surface area contributed by atoms with Crippen LogP contribution in [0.15, 0.2) is 84.2 Å². The van der Waals surface area contributed by atoms with Crippen molar-refractivity contribution >= 4 is 19.9 Å². The molecule has 0 bridgehead atoms. The Morgan fingerprint density at radius 3 is 1.94 bits per heavy atom. The summed E-state index contributed by atoms with van der Waals surface area (Å²) in [4.78, 5) is 29.5. The molecule has 2 amide bonds. The fourth-order valence-electron chi connectivity index (χ4n) is 3.16. The van der Waals surface area contributed by atoms with Gasteiger partial charge < -0.3 is 9.80 Å². The molecule has 0 aliphatic carbocycles. The zero-order valence-corrected chi connectivity index (χ0v) is 20.3. The quantitative estimate of drug-likeness (QED) is 0.296. The van der Waals surface area contributed by atoms with Gasteiger partial charge in [0.2, 0.25) is 5.91 Å². The van der Waals surface area contributed by atoms with Crippen molar-refractivity contribution in [1.29, 1.82) is 0 Å². The number of carbonyl (C=O) groups excluding carboxylic acids is 2. The second-order valence-corrected chi connectivity index (χ2v) is 13.5. The van der Waals surface area contributed by atoms with Crippen LogP contribution in [0.25, 0.3) is 0 Å². The maximum atomic E-state index is 13.2. The molecule has 0 heterocycles. The Bertz CT molecular complexity index is 911. The minimum atomic E-state index is -1.80. The zero-order chi connectivity index (χ0) is 22.9. The summed E-state index contributed by atoms with van der Waals surface area (Å²) >= 11 is 0. The van der Waals surface area contributed by atoms with E-state index in [2.05, 4.69) is 19.6 Å². The summed E-state index contributed by atoms with van der Waals surface area (Å²) < 4.78 is 0. The Morgan fingerprint density at radius 2 is 1.42 bits per heavy atom. The van der Waals surface area contributed by atoms with Gasteiger partial charge in [-0.05, 0) is 37.6 Å². The number of allylic oxidation sites excluding steroid dienone is 2. The average Bonchev–Trinajstić information content (AvgIpc) is 2.76. The number of likely N-dealkylation sites (N-methyl/N-ethyl adjacent to an activating group) is 1. The van der Waals surface area contributed by atoms with E-state index < -0.39 is 8.07 Å². The van der Waals surface area contributed by atoms with Crippen LogP contribution in [0, 0.1) is 0 Å². The average molecular weight is 435 g/mol. The monoisotopic (exact) mass is 434 g/mol. The van der Waals surface area contributed by atoms with Gasteiger partial charge in [0.1, 0.15) is 0 Å². The molecular formula is C26H34N2O2Si. The minimum absolute atomic E-state index is 0.0241. The van der Waals surface area contributed by atoms with Crippen LogP contribution in [0.1, 0.15) is 29.8 Å². The number of benzene rings is 2. The van der Waals surface area contributed by atoms with Gasteiger partial charge in [-0.1, -0.05) is 73.4 Å². The molecule has 0 atom stereocenters. The lowest BCUT2D eigenvalue weighted by molar-refractivity contribution is -0.125. The number of rotatable bonds is 9. The van der Waals surface area contributed by atoms with Gasteiger partial charge in [-0.15, -0.1) is 0 Å². The largest absolute Gasteiger partial charge is 0.340 e. The second-order valence-electron chi connectivity index (χ2n) is 8.46. The lowest BCUT2D eigenvalue weighted by Crippen LogP contribution is -2.32. The normalized spacial score (nSPS) is 12.1. The predicted molar refractivity (Wildman–Crippen MR) is 131 cm³/mol. The van der Waals surface area contributed by atoms with Crippen molar-refractivity contribution in [3.05, 3.63) is 95.3 Å². The van der Waals surface area contributed by atoms with E-state index in [4.69, 9.17) is 0 Å². The van der Waals surface area contributed by atoms with Crippen LogP contribution in [-0.4, -0.2) is 42.8 Å². The van der Waals surface area contributed by atoms with Gasteiger partial charge in [0.15, 0.2) is 0 Å². The van der Waals surface area contributed by atoms with E-state index >= 15 is 0 Å². The fourth-order valence-corrected chi connectivity index (χ4v) is 4.29. The van der Waals surface area contributed by atoms with Crippen LogP contribution in [0.5, 0.6) is 0 Å². The molecular weight excluding hydrogens is 400 g/mol. The first-order chi connectivity index (χ1) is 14.8. The van der Waals surface area contributed by atoms with Crippen LogP contribution in [0.3, 0.4) is 0 Å². The number of hydrogen-bond donors (Lipinski definition) is 0. The Kier molecular flexibility index (Phi) is 9.00. The highest BCUT2D eigenvalue weighted by Gasteiger charge is 2.21. The number of amides is 2. The molecule has 4 nitrogen and oxygen atoms in total. The number of carbonyl (C=O) groups is 2. The van der Waals surface area contributed by atoms with Crippen molar-refractivity contribution in [2.75, 3.05) is 13.1 Å². The second kappa shape index (κ2) is 11.5. The summed E-state index contributed by atoms with van der Waals surface area (Å²) in [5.74, 6) is -0.0400. The SMILES string of the molecule is CCN(CC)C(=O)/C=C(/C=C/N(Cc1ccccc1)C(=O)c1ccccc1)[Si](C)(C)C. The first-order valence-electron chi connectivity index (χ1n) is 10.9. The van der Waals surface area contributed by atoms with Crippen molar-refractivity contribution < 1.29 is 9.59 Å². The molecule has 0 fully saturated rings. The highest BCUT2D eigenvalue weighted by atomic mass is 28.3. The predicted octanol–water partition coefficient (Wildman–Crippen LogP) is 5.51. The van der Waals surface area contributed by atoms with Gasteiger partial charge in [0, 0.05) is 30.9 Å². The molecule has 0 spiro atoms. The van der Waals surface area contributed by atoms with E-state index in [-0.39, 0.29) is 11.8 Å². The molecule has 2 aromatic rings. The molecule has 0 radical (unpaired) electrons. The summed E-state index contributed by atoms with van der Waals surface area (Å²) in [6, 6.07) is 19.2. The third kappa shape index (κ3) is 7.37. The van der Waals surface area contributed by atoms with Crippen LogP contribution in [-0.2, 0) is 11.3 Å². The van der Waals surface area contributed by atoms with Crippen molar-refractivity contribution in [3.8, 4) is 0 Å². The molecule has 0 saturated heterocycles. The maximum Gasteiger partial charge on any atom is 0.258 e. The zero-order valence-electron chi connectivity index (χ0n) is 19.3. The van der Waals surface area contributed by atoms with E-state index in [1.165, 1.54) is 0 Å². The minimum Gasteiger partial charge on any atom is -0.340 e. The summed E-state index contributed by atoms with van der Waals surface area (Å²) in [6.45, 7) is 12.4. The molecule has 5 heteroatoms. The van der Waals surface area contributed by atoms with Gasteiger partial charge in [-0.2, -0.15) is 0 Å². The number of nitrogens with zero attached hydrogens (tertiary/aromatic N) is 2. The molecule has 2 aromatic carbocycles. The first-order valence-corrected chi connectivity index (χ1v) is 14.4. The van der Waals surface area contributed by atoms with Crippen LogP contribution < -0.4 is 0 Å². The highest BCUT2D eigenvalue weighted by molar-refractivity contribution is 6.84. The molecule has 0 aliphatic rings. The Labute approximate surface area is 187 Å². The van der Waals surface area contributed by atoms with Gasteiger partial charge in [-0.3, -0.25) is 9.59 Å². The summed E-state index contributed by atoms with van der Waals surface area (Å²) in [5.41, 5.74) is 1.69. The van der Waals surface area contributed by atoms with Gasteiger partial charge >= 0.3 is 0 Å². The van der Waals surface area contributed by atoms with E-state index in [9.17, 15) is 9.59 Å². The Morgan fingerprint density at radius 1 is 0.871 bits per heavy atom. The lowest BCUT2D eigenvalue weighted by atomic mass is 10.1. The molecule has 0 N–H and O–H groups in total. The molecule has 0 saturated carbocycles. The van der Waals surface area contributed by atoms with Crippen LogP contribution >= 0.6 is 0 Å². The molecule has 0 aliphatic heterocycles. The smallest absolute Gasteiger partial charge is 0.258 e. The van der Waals surface area contributed by atoms with E-state index in [1.807, 2.05) is 91.7 Å². The molecule has 0 unspecified atom stereocenters. The van der Waals surface area contributed by atoms with Crippen LogP contribution in [0.2, 0.25) is 19.6 Å².